The highest BCUT2D eigenvalue weighted by atomic mass is 32.2. The van der Waals surface area contributed by atoms with Crippen molar-refractivity contribution in [3.05, 3.63) is 29.6 Å². The van der Waals surface area contributed by atoms with Gasteiger partial charge in [0.15, 0.2) is 0 Å². The summed E-state index contributed by atoms with van der Waals surface area (Å²) in [6.45, 7) is 4.25. The van der Waals surface area contributed by atoms with E-state index in [-0.39, 0.29) is 25.3 Å². The van der Waals surface area contributed by atoms with Gasteiger partial charge in [-0.2, -0.15) is 4.31 Å². The third kappa shape index (κ3) is 4.36. The number of rotatable bonds is 7. The van der Waals surface area contributed by atoms with Crippen LogP contribution in [0.3, 0.4) is 0 Å². The minimum Gasteiger partial charge on any atom is -0.396 e. The third-order valence-electron chi connectivity index (χ3n) is 2.59. The van der Waals surface area contributed by atoms with Gasteiger partial charge < -0.3 is 5.11 Å². The second-order valence-electron chi connectivity index (χ2n) is 4.09. The van der Waals surface area contributed by atoms with Crippen molar-refractivity contribution in [2.45, 2.75) is 26.8 Å². The molecular weight excluding hydrogens is 252 g/mol. The van der Waals surface area contributed by atoms with Crippen LogP contribution < -0.4 is 0 Å². The quantitative estimate of drug-likeness (QED) is 0.801. The van der Waals surface area contributed by atoms with E-state index in [1.807, 2.05) is 25.1 Å². The monoisotopic (exact) mass is 272 g/mol. The van der Waals surface area contributed by atoms with E-state index in [0.717, 1.165) is 11.4 Å². The Balaban J connectivity index is 2.78. The zero-order chi connectivity index (χ0) is 13.6. The lowest BCUT2D eigenvalue weighted by Crippen LogP contribution is -2.33. The van der Waals surface area contributed by atoms with E-state index >= 15 is 0 Å². The van der Waals surface area contributed by atoms with Crippen LogP contribution in [0.5, 0.6) is 0 Å². The number of sulfonamides is 1. The van der Waals surface area contributed by atoms with E-state index in [2.05, 4.69) is 4.98 Å². The summed E-state index contributed by atoms with van der Waals surface area (Å²) in [5.74, 6) is -0.0246. The van der Waals surface area contributed by atoms with E-state index in [9.17, 15) is 8.42 Å². The van der Waals surface area contributed by atoms with Gasteiger partial charge in [-0.15, -0.1) is 0 Å². The largest absolute Gasteiger partial charge is 0.396 e. The standard InChI is InChI=1S/C12H20N2O3S/c1-3-14(18(16,17)9-5-8-15)10-12-7-4-6-11(2)13-12/h4,6-7,15H,3,5,8-10H2,1-2H3. The molecule has 0 saturated heterocycles. The summed E-state index contributed by atoms with van der Waals surface area (Å²) in [5, 5.41) is 8.71. The molecule has 6 heteroatoms. The van der Waals surface area contributed by atoms with Crippen LogP contribution >= 0.6 is 0 Å². The number of aliphatic hydroxyl groups is 1. The van der Waals surface area contributed by atoms with Crippen molar-refractivity contribution in [3.63, 3.8) is 0 Å². The fourth-order valence-electron chi connectivity index (χ4n) is 1.65. The molecule has 0 amide bonds. The topological polar surface area (TPSA) is 70.5 Å². The Hall–Kier alpha value is -0.980. The smallest absolute Gasteiger partial charge is 0.214 e. The van der Waals surface area contributed by atoms with Crippen LogP contribution in [0.4, 0.5) is 0 Å². The van der Waals surface area contributed by atoms with Crippen LogP contribution in [0, 0.1) is 6.92 Å². The highest BCUT2D eigenvalue weighted by Gasteiger charge is 2.20. The SMILES string of the molecule is CCN(Cc1cccc(C)n1)S(=O)(=O)CCCO. The van der Waals surface area contributed by atoms with Crippen LogP contribution in [0.25, 0.3) is 0 Å². The predicted molar refractivity (Wildman–Crippen MR) is 70.5 cm³/mol. The molecule has 1 rings (SSSR count). The molecule has 0 spiro atoms. The van der Waals surface area contributed by atoms with Crippen molar-refractivity contribution >= 4 is 10.0 Å². The molecule has 0 atom stereocenters. The first kappa shape index (κ1) is 15.1. The summed E-state index contributed by atoms with van der Waals surface area (Å²) in [6, 6.07) is 5.56. The summed E-state index contributed by atoms with van der Waals surface area (Å²) in [4.78, 5) is 4.30. The van der Waals surface area contributed by atoms with E-state index in [1.54, 1.807) is 6.92 Å². The van der Waals surface area contributed by atoms with Crippen LogP contribution in [0.1, 0.15) is 24.7 Å². The number of pyridine rings is 1. The summed E-state index contributed by atoms with van der Waals surface area (Å²) in [6.07, 6.45) is 0.264. The number of aliphatic hydroxyl groups excluding tert-OH is 1. The Kier molecular flexibility index (Phi) is 5.71. The second kappa shape index (κ2) is 6.82. The molecule has 18 heavy (non-hydrogen) atoms. The fraction of sp³-hybridized carbons (Fsp3) is 0.583. The first-order valence-corrected chi connectivity index (χ1v) is 7.61. The molecule has 0 aliphatic rings. The van der Waals surface area contributed by atoms with Crippen LogP contribution in [0.2, 0.25) is 0 Å². The van der Waals surface area contributed by atoms with Crippen LogP contribution in [-0.2, 0) is 16.6 Å². The number of aryl methyl sites for hydroxylation is 1. The Morgan fingerprint density at radius 1 is 1.39 bits per heavy atom. The Morgan fingerprint density at radius 2 is 2.11 bits per heavy atom. The van der Waals surface area contributed by atoms with Crippen LogP contribution in [-0.4, -0.2) is 41.7 Å². The molecule has 1 heterocycles. The van der Waals surface area contributed by atoms with Gasteiger partial charge in [-0.25, -0.2) is 8.42 Å². The maximum absolute atomic E-state index is 12.0. The number of nitrogens with zero attached hydrogens (tertiary/aromatic N) is 2. The molecule has 5 nitrogen and oxygen atoms in total. The van der Waals surface area contributed by atoms with E-state index < -0.39 is 10.0 Å². The predicted octanol–water partition coefficient (Wildman–Crippen LogP) is 0.924. The molecule has 0 unspecified atom stereocenters. The summed E-state index contributed by atoms with van der Waals surface area (Å²) in [7, 11) is -3.31. The Morgan fingerprint density at radius 3 is 2.67 bits per heavy atom. The third-order valence-corrected chi connectivity index (χ3v) is 4.57. The molecule has 0 radical (unpaired) electrons. The molecule has 0 bridgehead atoms. The molecule has 0 saturated carbocycles. The van der Waals surface area contributed by atoms with Gasteiger partial charge in [0.1, 0.15) is 0 Å². The summed E-state index contributed by atoms with van der Waals surface area (Å²) in [5.41, 5.74) is 1.61. The maximum Gasteiger partial charge on any atom is 0.214 e. The van der Waals surface area contributed by atoms with E-state index in [0.29, 0.717) is 6.54 Å². The first-order chi connectivity index (χ1) is 8.49. The van der Waals surface area contributed by atoms with Gasteiger partial charge in [-0.3, -0.25) is 4.98 Å². The van der Waals surface area contributed by atoms with Gasteiger partial charge in [-0.05, 0) is 25.5 Å². The van der Waals surface area contributed by atoms with Gasteiger partial charge in [-0.1, -0.05) is 13.0 Å². The molecular formula is C12H20N2O3S. The zero-order valence-electron chi connectivity index (χ0n) is 10.8. The average Bonchev–Trinajstić information content (AvgIpc) is 2.33. The molecule has 102 valence electrons. The maximum atomic E-state index is 12.0. The average molecular weight is 272 g/mol. The van der Waals surface area contributed by atoms with Gasteiger partial charge >= 0.3 is 0 Å². The molecule has 1 aromatic rings. The van der Waals surface area contributed by atoms with Gasteiger partial charge in [0.05, 0.1) is 18.0 Å². The number of hydrogen-bond acceptors (Lipinski definition) is 4. The molecule has 0 aromatic carbocycles. The molecule has 0 fully saturated rings. The van der Waals surface area contributed by atoms with Gasteiger partial charge in [0.2, 0.25) is 10.0 Å². The number of aromatic nitrogens is 1. The van der Waals surface area contributed by atoms with Crippen molar-refractivity contribution in [3.8, 4) is 0 Å². The zero-order valence-corrected chi connectivity index (χ0v) is 11.7. The molecule has 1 aromatic heterocycles. The summed E-state index contributed by atoms with van der Waals surface area (Å²) >= 11 is 0. The second-order valence-corrected chi connectivity index (χ2v) is 6.18. The lowest BCUT2D eigenvalue weighted by molar-refractivity contribution is 0.293. The van der Waals surface area contributed by atoms with Crippen molar-refractivity contribution in [2.24, 2.45) is 0 Å². The minimum absolute atomic E-state index is 0.0246. The minimum atomic E-state index is -3.31. The van der Waals surface area contributed by atoms with Crippen molar-refractivity contribution < 1.29 is 13.5 Å². The lowest BCUT2D eigenvalue weighted by Gasteiger charge is -2.20. The first-order valence-electron chi connectivity index (χ1n) is 6.01. The van der Waals surface area contributed by atoms with Crippen molar-refractivity contribution in [1.82, 2.24) is 9.29 Å². The molecule has 1 N–H and O–H groups in total. The lowest BCUT2D eigenvalue weighted by atomic mass is 10.3. The van der Waals surface area contributed by atoms with Crippen molar-refractivity contribution in [1.29, 1.82) is 0 Å². The van der Waals surface area contributed by atoms with Crippen molar-refractivity contribution in [2.75, 3.05) is 18.9 Å². The van der Waals surface area contributed by atoms with Gasteiger partial charge in [0, 0.05) is 18.8 Å². The molecule has 0 aliphatic carbocycles. The highest BCUT2D eigenvalue weighted by Crippen LogP contribution is 2.09. The van der Waals surface area contributed by atoms with E-state index in [1.165, 1.54) is 4.31 Å². The van der Waals surface area contributed by atoms with E-state index in [4.69, 9.17) is 5.11 Å². The normalized spacial score (nSPS) is 12.0. The molecule has 0 aliphatic heterocycles. The Labute approximate surface area is 109 Å². The summed E-state index contributed by atoms with van der Waals surface area (Å²) < 4.78 is 25.4. The fourth-order valence-corrected chi connectivity index (χ4v) is 3.13. The number of hydrogen-bond donors (Lipinski definition) is 1. The highest BCUT2D eigenvalue weighted by molar-refractivity contribution is 7.89. The Bertz CT molecular complexity index is 474. The van der Waals surface area contributed by atoms with Crippen LogP contribution in [0.15, 0.2) is 18.2 Å². The van der Waals surface area contributed by atoms with Gasteiger partial charge in [0.25, 0.3) is 0 Å².